The smallest absolute Gasteiger partial charge is 0.306 e. The molecule has 2 heterocycles. The van der Waals surface area contributed by atoms with Gasteiger partial charge in [0.15, 0.2) is 5.16 Å². The van der Waals surface area contributed by atoms with Crippen LogP contribution in [0.15, 0.2) is 9.95 Å². The SMILES string of the molecule is CCCCOC(=O)CC1Cc2c(nc(SCCC(C)C)[nH]c2=O)NC1=O. The first-order chi connectivity index (χ1) is 12.4. The molecule has 1 aliphatic heterocycles. The lowest BCUT2D eigenvalue weighted by molar-refractivity contribution is -0.146. The molecule has 1 unspecified atom stereocenters. The van der Waals surface area contributed by atoms with E-state index in [9.17, 15) is 14.4 Å². The van der Waals surface area contributed by atoms with Crippen molar-refractivity contribution in [3.05, 3.63) is 15.9 Å². The van der Waals surface area contributed by atoms with Crippen LogP contribution in [0.1, 0.15) is 52.0 Å². The lowest BCUT2D eigenvalue weighted by atomic mass is 9.93. The molecule has 2 N–H and O–H groups in total. The Kier molecular flexibility index (Phi) is 7.68. The van der Waals surface area contributed by atoms with E-state index >= 15 is 0 Å². The van der Waals surface area contributed by atoms with Gasteiger partial charge in [-0.1, -0.05) is 39.0 Å². The molecule has 2 rings (SSSR count). The zero-order chi connectivity index (χ0) is 19.1. The van der Waals surface area contributed by atoms with Crippen LogP contribution in [0.2, 0.25) is 0 Å². The van der Waals surface area contributed by atoms with Crippen LogP contribution in [0.4, 0.5) is 5.82 Å². The van der Waals surface area contributed by atoms with E-state index in [4.69, 9.17) is 4.74 Å². The van der Waals surface area contributed by atoms with Crippen LogP contribution in [0.5, 0.6) is 0 Å². The van der Waals surface area contributed by atoms with Crippen molar-refractivity contribution in [1.82, 2.24) is 9.97 Å². The first kappa shape index (κ1) is 20.5. The third-order valence-electron chi connectivity index (χ3n) is 4.16. The molecule has 0 fully saturated rings. The van der Waals surface area contributed by atoms with Crippen molar-refractivity contribution in [2.24, 2.45) is 11.8 Å². The summed E-state index contributed by atoms with van der Waals surface area (Å²) in [6.07, 6.45) is 2.91. The van der Waals surface area contributed by atoms with Crippen LogP contribution in [0, 0.1) is 11.8 Å². The first-order valence-corrected chi connectivity index (χ1v) is 10.1. The van der Waals surface area contributed by atoms with Gasteiger partial charge in [0.05, 0.1) is 24.5 Å². The Morgan fingerprint density at radius 3 is 2.85 bits per heavy atom. The summed E-state index contributed by atoms with van der Waals surface area (Å²) in [6.45, 7) is 6.64. The number of aromatic nitrogens is 2. The summed E-state index contributed by atoms with van der Waals surface area (Å²) in [5.74, 6) is 0.428. The molecule has 1 aromatic rings. The average molecular weight is 381 g/mol. The average Bonchev–Trinajstić information content (AvgIpc) is 2.56. The minimum Gasteiger partial charge on any atom is -0.466 e. The minimum atomic E-state index is -0.598. The summed E-state index contributed by atoms with van der Waals surface area (Å²) < 4.78 is 5.11. The Morgan fingerprint density at radius 2 is 2.15 bits per heavy atom. The molecule has 8 heteroatoms. The number of anilines is 1. The number of hydrogen-bond donors (Lipinski definition) is 2. The monoisotopic (exact) mass is 381 g/mol. The number of ether oxygens (including phenoxy) is 1. The molecule has 1 aliphatic rings. The number of hydrogen-bond acceptors (Lipinski definition) is 6. The van der Waals surface area contributed by atoms with E-state index in [-0.39, 0.29) is 24.3 Å². The standard InChI is InChI=1S/C18H27N3O4S/c1-4-5-7-25-14(22)10-12-9-13-15(19-16(12)23)20-18(21-17(13)24)26-8-6-11(2)3/h11-12H,4-10H2,1-3H3,(H2,19,20,21,23,24). The predicted octanol–water partition coefficient (Wildman–Crippen LogP) is 2.75. The van der Waals surface area contributed by atoms with E-state index in [1.54, 1.807) is 0 Å². The van der Waals surface area contributed by atoms with Gasteiger partial charge in [-0.15, -0.1) is 0 Å². The van der Waals surface area contributed by atoms with E-state index in [1.165, 1.54) is 11.8 Å². The van der Waals surface area contributed by atoms with Gasteiger partial charge < -0.3 is 15.0 Å². The van der Waals surface area contributed by atoms with Gasteiger partial charge in [-0.05, 0) is 25.2 Å². The van der Waals surface area contributed by atoms with Crippen LogP contribution >= 0.6 is 11.8 Å². The van der Waals surface area contributed by atoms with Gasteiger partial charge in [-0.3, -0.25) is 14.4 Å². The summed E-state index contributed by atoms with van der Waals surface area (Å²) in [6, 6.07) is 0. The zero-order valence-corrected chi connectivity index (χ0v) is 16.4. The number of nitrogens with zero attached hydrogens (tertiary/aromatic N) is 1. The quantitative estimate of drug-likeness (QED) is 0.295. The van der Waals surface area contributed by atoms with Crippen molar-refractivity contribution in [3.8, 4) is 0 Å². The number of rotatable bonds is 9. The number of fused-ring (bicyclic) bond motifs is 1. The lowest BCUT2D eigenvalue weighted by Crippen LogP contribution is -2.36. The number of amides is 1. The first-order valence-electron chi connectivity index (χ1n) is 9.13. The number of carbonyl (C=O) groups excluding carboxylic acids is 2. The van der Waals surface area contributed by atoms with E-state index in [2.05, 4.69) is 29.1 Å². The van der Waals surface area contributed by atoms with Crippen LogP contribution in [0.25, 0.3) is 0 Å². The fourth-order valence-corrected chi connectivity index (χ4v) is 3.65. The maximum Gasteiger partial charge on any atom is 0.306 e. The van der Waals surface area contributed by atoms with Crippen molar-refractivity contribution in [1.29, 1.82) is 0 Å². The van der Waals surface area contributed by atoms with Gasteiger partial charge in [0.1, 0.15) is 5.82 Å². The van der Waals surface area contributed by atoms with Crippen LogP contribution in [0.3, 0.4) is 0 Å². The molecule has 0 saturated heterocycles. The summed E-state index contributed by atoms with van der Waals surface area (Å²) >= 11 is 1.47. The van der Waals surface area contributed by atoms with Gasteiger partial charge >= 0.3 is 5.97 Å². The van der Waals surface area contributed by atoms with E-state index < -0.39 is 11.9 Å². The van der Waals surface area contributed by atoms with E-state index in [0.717, 1.165) is 25.0 Å². The highest BCUT2D eigenvalue weighted by molar-refractivity contribution is 7.99. The Morgan fingerprint density at radius 1 is 1.38 bits per heavy atom. The van der Waals surface area contributed by atoms with Crippen LogP contribution in [-0.4, -0.2) is 34.2 Å². The van der Waals surface area contributed by atoms with Gasteiger partial charge in [0, 0.05) is 5.75 Å². The van der Waals surface area contributed by atoms with Crippen molar-refractivity contribution >= 4 is 29.5 Å². The second-order valence-electron chi connectivity index (χ2n) is 6.90. The maximum absolute atomic E-state index is 12.4. The molecule has 26 heavy (non-hydrogen) atoms. The Balaban J connectivity index is 2.01. The number of carbonyl (C=O) groups is 2. The molecule has 0 bridgehead atoms. The summed E-state index contributed by atoms with van der Waals surface area (Å²) in [5, 5.41) is 3.18. The molecule has 0 saturated carbocycles. The largest absolute Gasteiger partial charge is 0.466 e. The predicted molar refractivity (Wildman–Crippen MR) is 101 cm³/mol. The van der Waals surface area contributed by atoms with Crippen LogP contribution < -0.4 is 10.9 Å². The van der Waals surface area contributed by atoms with Gasteiger partial charge in [0.2, 0.25) is 5.91 Å². The van der Waals surface area contributed by atoms with Crippen molar-refractivity contribution < 1.29 is 14.3 Å². The molecule has 0 aliphatic carbocycles. The Bertz CT molecular complexity index is 702. The van der Waals surface area contributed by atoms with Crippen molar-refractivity contribution in [3.63, 3.8) is 0 Å². The van der Waals surface area contributed by atoms with Gasteiger partial charge in [-0.25, -0.2) is 4.98 Å². The molecular formula is C18H27N3O4S. The fourth-order valence-electron chi connectivity index (χ4n) is 2.54. The molecule has 0 aromatic carbocycles. The second kappa shape index (κ2) is 9.75. The van der Waals surface area contributed by atoms with E-state index in [0.29, 0.717) is 29.1 Å². The highest BCUT2D eigenvalue weighted by atomic mass is 32.2. The highest BCUT2D eigenvalue weighted by Crippen LogP contribution is 2.25. The fraction of sp³-hybridized carbons (Fsp3) is 0.667. The third-order valence-corrected chi connectivity index (χ3v) is 5.07. The van der Waals surface area contributed by atoms with Gasteiger partial charge in [-0.2, -0.15) is 0 Å². The van der Waals surface area contributed by atoms with Crippen molar-refractivity contribution in [2.75, 3.05) is 17.7 Å². The second-order valence-corrected chi connectivity index (χ2v) is 7.98. The number of thioether (sulfide) groups is 1. The maximum atomic E-state index is 12.4. The molecule has 0 radical (unpaired) electrons. The lowest BCUT2D eigenvalue weighted by Gasteiger charge is -2.22. The van der Waals surface area contributed by atoms with Gasteiger partial charge in [0.25, 0.3) is 5.56 Å². The van der Waals surface area contributed by atoms with E-state index in [1.807, 2.05) is 6.92 Å². The third kappa shape index (κ3) is 5.86. The molecule has 1 amide bonds. The minimum absolute atomic E-state index is 0.0285. The number of unbranched alkanes of at least 4 members (excludes halogenated alkanes) is 1. The topological polar surface area (TPSA) is 101 Å². The van der Waals surface area contributed by atoms with Crippen molar-refractivity contribution in [2.45, 2.75) is 58.0 Å². The number of H-pyrrole nitrogens is 1. The molecule has 1 atom stereocenters. The zero-order valence-electron chi connectivity index (χ0n) is 15.6. The van der Waals surface area contributed by atoms with Crippen LogP contribution in [-0.2, 0) is 20.7 Å². The normalized spacial score (nSPS) is 16.3. The molecular weight excluding hydrogens is 354 g/mol. The summed E-state index contributed by atoms with van der Waals surface area (Å²) in [7, 11) is 0. The number of esters is 1. The Labute approximate surface area is 157 Å². The number of nitrogens with one attached hydrogen (secondary N) is 2. The molecule has 144 valence electrons. The summed E-state index contributed by atoms with van der Waals surface area (Å²) in [4.78, 5) is 43.6. The molecule has 0 spiro atoms. The Hall–Kier alpha value is -1.83. The molecule has 1 aromatic heterocycles. The summed E-state index contributed by atoms with van der Waals surface area (Å²) in [5.41, 5.74) is 0.163. The molecule has 7 nitrogen and oxygen atoms in total. The number of aromatic amines is 1. The highest BCUT2D eigenvalue weighted by Gasteiger charge is 2.31.